The second kappa shape index (κ2) is 9.99. The number of benzene rings is 2. The number of aliphatic hydroxyl groups excluding tert-OH is 1. The quantitative estimate of drug-likeness (QED) is 0.417. The Morgan fingerprint density at radius 3 is 2.39 bits per heavy atom. The Bertz CT molecular complexity index is 1270. The second-order valence-electron chi connectivity index (χ2n) is 10.9. The third kappa shape index (κ3) is 4.74. The third-order valence-corrected chi connectivity index (χ3v) is 8.05. The molecular formula is C28H33N3O7. The summed E-state index contributed by atoms with van der Waals surface area (Å²) in [5.41, 5.74) is -1.04. The number of carbonyl (C=O) groups is 4. The van der Waals surface area contributed by atoms with Gasteiger partial charge in [0, 0.05) is 11.6 Å². The number of esters is 1. The van der Waals surface area contributed by atoms with Crippen molar-refractivity contribution in [3.63, 3.8) is 0 Å². The molecule has 3 aliphatic heterocycles. The van der Waals surface area contributed by atoms with E-state index in [0.29, 0.717) is 31.2 Å². The Kier molecular flexibility index (Phi) is 6.87. The van der Waals surface area contributed by atoms with E-state index in [9.17, 15) is 29.4 Å². The molecule has 3 amide bonds. The van der Waals surface area contributed by atoms with Gasteiger partial charge >= 0.3 is 5.97 Å². The summed E-state index contributed by atoms with van der Waals surface area (Å²) in [6, 6.07) is 9.58. The molecule has 4 aliphatic rings. The molecule has 202 valence electrons. The molecule has 3 heterocycles. The first-order valence-corrected chi connectivity index (χ1v) is 13.1. The largest absolute Gasteiger partial charge is 0.434 e. The van der Waals surface area contributed by atoms with Gasteiger partial charge in [-0.1, -0.05) is 44.2 Å². The molecule has 3 saturated heterocycles. The first kappa shape index (κ1) is 26.1. The van der Waals surface area contributed by atoms with Crippen LogP contribution in [-0.2, 0) is 19.1 Å². The zero-order chi connectivity index (χ0) is 27.2. The van der Waals surface area contributed by atoms with Gasteiger partial charge in [0.25, 0.3) is 5.91 Å². The number of nitrogens with one attached hydrogen (secondary N) is 2. The molecule has 1 aliphatic carbocycles. The predicted octanol–water partition coefficient (Wildman–Crippen LogP) is 1.23. The number of piperidine rings is 2. The molecule has 1 saturated carbocycles. The van der Waals surface area contributed by atoms with Crippen molar-refractivity contribution in [1.82, 2.24) is 15.5 Å². The van der Waals surface area contributed by atoms with E-state index in [-0.39, 0.29) is 18.4 Å². The van der Waals surface area contributed by atoms with Gasteiger partial charge in [-0.3, -0.25) is 19.2 Å². The fraction of sp³-hybridized carbons (Fsp3) is 0.500. The smallest absolute Gasteiger partial charge is 0.310 e. The van der Waals surface area contributed by atoms with Gasteiger partial charge in [-0.05, 0) is 54.5 Å². The zero-order valence-corrected chi connectivity index (χ0v) is 21.4. The summed E-state index contributed by atoms with van der Waals surface area (Å²) >= 11 is 0. The zero-order valence-electron chi connectivity index (χ0n) is 21.4. The van der Waals surface area contributed by atoms with E-state index in [4.69, 9.17) is 4.74 Å². The van der Waals surface area contributed by atoms with Crippen LogP contribution in [0.5, 0.6) is 0 Å². The summed E-state index contributed by atoms with van der Waals surface area (Å²) in [6.07, 6.45) is 0.0595. The molecule has 4 atom stereocenters. The Morgan fingerprint density at radius 2 is 1.76 bits per heavy atom. The molecule has 4 fully saturated rings. The first-order chi connectivity index (χ1) is 18.1. The minimum absolute atomic E-state index is 0.203. The predicted molar refractivity (Wildman–Crippen MR) is 137 cm³/mol. The van der Waals surface area contributed by atoms with Gasteiger partial charge in [0.2, 0.25) is 18.1 Å². The number of aliphatic hydroxyl groups is 2. The fourth-order valence-electron chi connectivity index (χ4n) is 5.96. The van der Waals surface area contributed by atoms with Crippen LogP contribution >= 0.6 is 0 Å². The van der Waals surface area contributed by atoms with Crippen molar-refractivity contribution in [2.45, 2.75) is 82.0 Å². The summed E-state index contributed by atoms with van der Waals surface area (Å²) in [6.45, 7) is 3.63. The lowest BCUT2D eigenvalue weighted by molar-refractivity contribution is -0.181. The van der Waals surface area contributed by atoms with Crippen molar-refractivity contribution in [3.8, 4) is 0 Å². The van der Waals surface area contributed by atoms with Crippen LogP contribution in [0.3, 0.4) is 0 Å². The van der Waals surface area contributed by atoms with Crippen LogP contribution in [0.4, 0.5) is 0 Å². The number of amides is 3. The van der Waals surface area contributed by atoms with Gasteiger partial charge in [-0.25, -0.2) is 0 Å². The number of fused-ring (bicyclic) bond motifs is 4. The van der Waals surface area contributed by atoms with E-state index in [1.165, 1.54) is 4.90 Å². The molecular weight excluding hydrogens is 490 g/mol. The fourth-order valence-corrected chi connectivity index (χ4v) is 5.96. The van der Waals surface area contributed by atoms with Gasteiger partial charge in [-0.15, -0.1) is 0 Å². The molecule has 0 aromatic heterocycles. The highest BCUT2D eigenvalue weighted by molar-refractivity contribution is 6.01. The number of hydrogen-bond donors (Lipinski definition) is 4. The van der Waals surface area contributed by atoms with E-state index in [2.05, 4.69) is 10.6 Å². The molecule has 2 aromatic carbocycles. The van der Waals surface area contributed by atoms with Crippen molar-refractivity contribution in [2.75, 3.05) is 0 Å². The van der Waals surface area contributed by atoms with Crippen molar-refractivity contribution in [2.24, 2.45) is 5.92 Å². The molecule has 2 aromatic rings. The monoisotopic (exact) mass is 523 g/mol. The van der Waals surface area contributed by atoms with E-state index < -0.39 is 53.7 Å². The van der Waals surface area contributed by atoms with Crippen LogP contribution in [0.25, 0.3) is 10.8 Å². The summed E-state index contributed by atoms with van der Waals surface area (Å²) in [7, 11) is 0. The summed E-state index contributed by atoms with van der Waals surface area (Å²) in [5.74, 6) is -2.45. The third-order valence-electron chi connectivity index (χ3n) is 8.05. The maximum atomic E-state index is 14.0. The maximum absolute atomic E-state index is 14.0. The van der Waals surface area contributed by atoms with Crippen LogP contribution in [0.1, 0.15) is 56.3 Å². The van der Waals surface area contributed by atoms with Gasteiger partial charge in [-0.2, -0.15) is 0 Å². The second-order valence-corrected chi connectivity index (χ2v) is 10.9. The Hall–Kier alpha value is -3.50. The number of hydrogen-bond acceptors (Lipinski definition) is 7. The molecule has 0 spiro atoms. The van der Waals surface area contributed by atoms with Crippen LogP contribution in [-0.4, -0.2) is 74.9 Å². The number of cyclic esters (lactones) is 1. The number of carbonyl (C=O) groups excluding carboxylic acids is 4. The van der Waals surface area contributed by atoms with Crippen molar-refractivity contribution in [3.05, 3.63) is 48.0 Å². The van der Waals surface area contributed by atoms with Crippen molar-refractivity contribution in [1.29, 1.82) is 0 Å². The first-order valence-electron chi connectivity index (χ1n) is 13.1. The average Bonchev–Trinajstić information content (AvgIpc) is 3.21. The van der Waals surface area contributed by atoms with Gasteiger partial charge in [0.1, 0.15) is 18.1 Å². The lowest BCUT2D eigenvalue weighted by Crippen LogP contribution is -2.73. The van der Waals surface area contributed by atoms with E-state index in [1.54, 1.807) is 12.1 Å². The number of nitrogens with zero attached hydrogens (tertiary/aromatic N) is 1. The number of rotatable bonds is 6. The SMILES string of the molecule is CC(C)[C@H](NC(=O)c1ccc2ccccc2c1)C(=O)N1C2CCC(O)(CC2)C1C(=O)N[C@H]1CC(=O)OC1O. The summed E-state index contributed by atoms with van der Waals surface area (Å²) in [4.78, 5) is 53.7. The highest BCUT2D eigenvalue weighted by Gasteiger charge is 2.57. The molecule has 4 N–H and O–H groups in total. The van der Waals surface area contributed by atoms with E-state index in [0.717, 1.165) is 10.8 Å². The molecule has 38 heavy (non-hydrogen) atoms. The minimum Gasteiger partial charge on any atom is -0.434 e. The topological polar surface area (TPSA) is 145 Å². The molecule has 6 rings (SSSR count). The van der Waals surface area contributed by atoms with E-state index in [1.807, 2.05) is 44.2 Å². The molecule has 10 nitrogen and oxygen atoms in total. The highest BCUT2D eigenvalue weighted by Crippen LogP contribution is 2.43. The Morgan fingerprint density at radius 1 is 1.08 bits per heavy atom. The maximum Gasteiger partial charge on any atom is 0.310 e. The highest BCUT2D eigenvalue weighted by atomic mass is 16.6. The Labute approximate surface area is 220 Å². The normalized spacial score (nSPS) is 29.3. The minimum atomic E-state index is -1.49. The van der Waals surface area contributed by atoms with Crippen molar-refractivity contribution < 1.29 is 34.1 Å². The lowest BCUT2D eigenvalue weighted by Gasteiger charge is -2.55. The Balaban J connectivity index is 1.39. The van der Waals surface area contributed by atoms with E-state index >= 15 is 0 Å². The standard InChI is InChI=1S/C28H33N3O7/c1-15(2)22(30-24(33)18-8-7-16-5-3-4-6-17(16)13-18)26(35)31-19-9-11-28(37,12-10-19)23(31)25(34)29-20-14-21(32)38-27(20)36/h3-8,13,15,19-20,22-23,27,36-37H,9-12,14H2,1-2H3,(H,29,34)(H,30,33)/t19?,20-,22-,23?,27?,28?/m0/s1. The van der Waals surface area contributed by atoms with Gasteiger partial charge < -0.3 is 30.5 Å². The molecule has 10 heteroatoms. The lowest BCUT2D eigenvalue weighted by atomic mass is 9.70. The summed E-state index contributed by atoms with van der Waals surface area (Å²) < 4.78 is 4.72. The molecule has 2 unspecified atom stereocenters. The van der Waals surface area contributed by atoms with Crippen LogP contribution in [0.2, 0.25) is 0 Å². The molecule has 2 bridgehead atoms. The van der Waals surface area contributed by atoms with Crippen molar-refractivity contribution >= 4 is 34.5 Å². The van der Waals surface area contributed by atoms with Gasteiger partial charge in [0.05, 0.1) is 12.0 Å². The van der Waals surface area contributed by atoms with Crippen LogP contribution < -0.4 is 10.6 Å². The number of ether oxygens (including phenoxy) is 1. The molecule has 0 radical (unpaired) electrons. The van der Waals surface area contributed by atoms with Gasteiger partial charge in [0.15, 0.2) is 0 Å². The van der Waals surface area contributed by atoms with Crippen LogP contribution in [0, 0.1) is 5.92 Å². The average molecular weight is 524 g/mol. The van der Waals surface area contributed by atoms with Crippen LogP contribution in [0.15, 0.2) is 42.5 Å². The summed E-state index contributed by atoms with van der Waals surface area (Å²) in [5, 5.41) is 28.8.